The third kappa shape index (κ3) is 6.12. The van der Waals surface area contributed by atoms with Gasteiger partial charge in [0, 0.05) is 35.5 Å². The molecule has 1 fully saturated rings. The lowest BCUT2D eigenvalue weighted by Gasteiger charge is -2.19. The Balaban J connectivity index is 1.60. The van der Waals surface area contributed by atoms with Crippen molar-refractivity contribution in [3.05, 3.63) is 52.0 Å². The summed E-state index contributed by atoms with van der Waals surface area (Å²) in [4.78, 5) is 6.63. The van der Waals surface area contributed by atoms with Crippen molar-refractivity contribution < 1.29 is 12.9 Å². The van der Waals surface area contributed by atoms with E-state index in [4.69, 9.17) is 16.1 Å². The summed E-state index contributed by atoms with van der Waals surface area (Å²) in [7, 11) is -3.48. The average molecular weight is 439 g/mol. The van der Waals surface area contributed by atoms with E-state index in [2.05, 4.69) is 15.0 Å². The molecular formula is C20H27ClN4O3S. The average Bonchev–Trinajstić information content (AvgIpc) is 3.00. The second-order valence-corrected chi connectivity index (χ2v) is 10.4. The number of hydrogen-bond acceptors (Lipinski definition) is 6. The lowest BCUT2D eigenvalue weighted by atomic mass is 9.97. The Morgan fingerprint density at radius 1 is 1.14 bits per heavy atom. The van der Waals surface area contributed by atoms with Gasteiger partial charge in [-0.3, -0.25) is 4.90 Å². The van der Waals surface area contributed by atoms with E-state index >= 15 is 0 Å². The van der Waals surface area contributed by atoms with Gasteiger partial charge in [0.05, 0.1) is 6.54 Å². The van der Waals surface area contributed by atoms with Crippen molar-refractivity contribution in [1.29, 1.82) is 0 Å². The molecule has 9 heteroatoms. The maximum Gasteiger partial charge on any atom is 0.236 e. The molecule has 0 amide bonds. The zero-order chi connectivity index (χ0) is 21.1. The number of hydrogen-bond donors (Lipinski definition) is 0. The first-order valence-electron chi connectivity index (χ1n) is 9.63. The molecule has 0 saturated carbocycles. The van der Waals surface area contributed by atoms with Crippen LogP contribution in [0.1, 0.15) is 44.5 Å². The van der Waals surface area contributed by atoms with Crippen LogP contribution < -0.4 is 0 Å². The van der Waals surface area contributed by atoms with Crippen LogP contribution in [0.2, 0.25) is 5.02 Å². The van der Waals surface area contributed by atoms with E-state index < -0.39 is 10.0 Å². The van der Waals surface area contributed by atoms with Gasteiger partial charge in [-0.05, 0) is 36.7 Å². The van der Waals surface area contributed by atoms with E-state index in [9.17, 15) is 8.42 Å². The first kappa shape index (κ1) is 22.0. The summed E-state index contributed by atoms with van der Waals surface area (Å²) in [6, 6.07) is 7.05. The van der Waals surface area contributed by atoms with Crippen LogP contribution in [-0.2, 0) is 22.0 Å². The standard InChI is InChI=1S/C20H27ClN4O3S/c1-20(2,3)19-22-18(23-28-19)15-24-10-4-11-25(13-12-24)29(26,27)14-9-16-5-7-17(21)8-6-16/h5-9,14H,4,10-13,15H2,1-3H3/b14-9+. The normalized spacial score (nSPS) is 17.7. The molecule has 2 aromatic rings. The molecule has 2 heterocycles. The summed E-state index contributed by atoms with van der Waals surface area (Å²) in [5.74, 6) is 1.24. The minimum atomic E-state index is -3.48. The number of halogens is 1. The van der Waals surface area contributed by atoms with E-state index in [0.717, 1.165) is 18.5 Å². The summed E-state index contributed by atoms with van der Waals surface area (Å²) in [6.07, 6.45) is 2.35. The summed E-state index contributed by atoms with van der Waals surface area (Å²) in [5.41, 5.74) is 0.604. The van der Waals surface area contributed by atoms with Crippen molar-refractivity contribution in [2.24, 2.45) is 0 Å². The minimum absolute atomic E-state index is 0.189. The van der Waals surface area contributed by atoms with E-state index in [0.29, 0.717) is 42.9 Å². The Morgan fingerprint density at radius 3 is 2.52 bits per heavy atom. The van der Waals surface area contributed by atoms with Crippen LogP contribution in [0.15, 0.2) is 34.2 Å². The first-order chi connectivity index (χ1) is 13.6. The molecule has 0 N–H and O–H groups in total. The van der Waals surface area contributed by atoms with Gasteiger partial charge in [-0.25, -0.2) is 8.42 Å². The van der Waals surface area contributed by atoms with Crippen LogP contribution >= 0.6 is 11.6 Å². The largest absolute Gasteiger partial charge is 0.339 e. The van der Waals surface area contributed by atoms with Crippen LogP contribution in [0.25, 0.3) is 6.08 Å². The summed E-state index contributed by atoms with van der Waals surface area (Å²) in [6.45, 7) is 8.94. The molecule has 7 nitrogen and oxygen atoms in total. The number of sulfonamides is 1. The summed E-state index contributed by atoms with van der Waals surface area (Å²) in [5, 5.41) is 5.95. The van der Waals surface area contributed by atoms with Crippen LogP contribution in [0.5, 0.6) is 0 Å². The van der Waals surface area contributed by atoms with Crippen molar-refractivity contribution >= 4 is 27.7 Å². The number of benzene rings is 1. The van der Waals surface area contributed by atoms with E-state index in [1.165, 1.54) is 9.71 Å². The van der Waals surface area contributed by atoms with Crippen LogP contribution in [-0.4, -0.2) is 53.9 Å². The molecule has 29 heavy (non-hydrogen) atoms. The Kier molecular flexibility index (Phi) is 6.78. The van der Waals surface area contributed by atoms with Crippen LogP contribution in [0.4, 0.5) is 0 Å². The summed E-state index contributed by atoms with van der Waals surface area (Å²) >= 11 is 5.87. The Hall–Kier alpha value is -1.74. The molecule has 1 saturated heterocycles. The van der Waals surface area contributed by atoms with Gasteiger partial charge in [0.15, 0.2) is 5.82 Å². The molecule has 0 radical (unpaired) electrons. The lowest BCUT2D eigenvalue weighted by molar-refractivity contribution is 0.264. The van der Waals surface area contributed by atoms with Crippen molar-refractivity contribution in [2.75, 3.05) is 26.2 Å². The minimum Gasteiger partial charge on any atom is -0.339 e. The highest BCUT2D eigenvalue weighted by Gasteiger charge is 2.25. The number of rotatable bonds is 5. The first-order valence-corrected chi connectivity index (χ1v) is 11.5. The molecule has 0 unspecified atom stereocenters. The molecule has 1 aromatic heterocycles. The van der Waals surface area contributed by atoms with Crippen LogP contribution in [0.3, 0.4) is 0 Å². The fourth-order valence-electron chi connectivity index (χ4n) is 3.01. The van der Waals surface area contributed by atoms with Gasteiger partial charge in [0.25, 0.3) is 0 Å². The molecule has 3 rings (SSSR count). The van der Waals surface area contributed by atoms with Gasteiger partial charge < -0.3 is 4.52 Å². The highest BCUT2D eigenvalue weighted by molar-refractivity contribution is 7.92. The zero-order valence-electron chi connectivity index (χ0n) is 17.0. The summed E-state index contributed by atoms with van der Waals surface area (Å²) < 4.78 is 32.3. The van der Waals surface area contributed by atoms with Crippen molar-refractivity contribution in [3.63, 3.8) is 0 Å². The Morgan fingerprint density at radius 2 is 1.86 bits per heavy atom. The molecule has 1 aliphatic heterocycles. The molecule has 158 valence electrons. The maximum atomic E-state index is 12.7. The number of nitrogens with zero attached hydrogens (tertiary/aromatic N) is 4. The molecule has 0 atom stereocenters. The molecule has 0 spiro atoms. The Bertz CT molecular complexity index is 949. The molecule has 0 bridgehead atoms. The molecular weight excluding hydrogens is 412 g/mol. The highest BCUT2D eigenvalue weighted by atomic mass is 35.5. The van der Waals surface area contributed by atoms with E-state index in [1.807, 2.05) is 20.8 Å². The Labute approximate surface area is 177 Å². The predicted octanol–water partition coefficient (Wildman–Crippen LogP) is 3.53. The van der Waals surface area contributed by atoms with Crippen molar-refractivity contribution in [2.45, 2.75) is 39.2 Å². The van der Waals surface area contributed by atoms with Gasteiger partial charge in [-0.2, -0.15) is 9.29 Å². The monoisotopic (exact) mass is 438 g/mol. The fourth-order valence-corrected chi connectivity index (χ4v) is 4.35. The van der Waals surface area contributed by atoms with Gasteiger partial charge in [0.1, 0.15) is 0 Å². The lowest BCUT2D eigenvalue weighted by Crippen LogP contribution is -2.34. The van der Waals surface area contributed by atoms with Crippen LogP contribution in [0, 0.1) is 0 Å². The van der Waals surface area contributed by atoms with E-state index in [-0.39, 0.29) is 5.41 Å². The highest BCUT2D eigenvalue weighted by Crippen LogP contribution is 2.20. The zero-order valence-corrected chi connectivity index (χ0v) is 18.6. The van der Waals surface area contributed by atoms with Gasteiger partial charge >= 0.3 is 0 Å². The van der Waals surface area contributed by atoms with Gasteiger partial charge in [-0.15, -0.1) is 0 Å². The molecule has 1 aromatic carbocycles. The molecule has 1 aliphatic rings. The maximum absolute atomic E-state index is 12.7. The second kappa shape index (κ2) is 8.95. The quantitative estimate of drug-likeness (QED) is 0.710. The van der Waals surface area contributed by atoms with Gasteiger partial charge in [0.2, 0.25) is 15.9 Å². The van der Waals surface area contributed by atoms with Crippen molar-refractivity contribution in [1.82, 2.24) is 19.3 Å². The topological polar surface area (TPSA) is 79.5 Å². The predicted molar refractivity (Wildman–Crippen MR) is 114 cm³/mol. The number of aromatic nitrogens is 2. The molecule has 0 aliphatic carbocycles. The second-order valence-electron chi connectivity index (χ2n) is 8.19. The third-order valence-electron chi connectivity index (χ3n) is 4.68. The van der Waals surface area contributed by atoms with Crippen molar-refractivity contribution in [3.8, 4) is 0 Å². The third-order valence-corrected chi connectivity index (χ3v) is 6.50. The fraction of sp³-hybridized carbons (Fsp3) is 0.500. The van der Waals surface area contributed by atoms with E-state index in [1.54, 1.807) is 30.3 Å². The SMILES string of the molecule is CC(C)(C)c1nc(CN2CCCN(S(=O)(=O)/C=C/c3ccc(Cl)cc3)CC2)no1. The van der Waals surface area contributed by atoms with Gasteiger partial charge in [-0.1, -0.05) is 49.7 Å². The smallest absolute Gasteiger partial charge is 0.236 e.